The standard InChI is InChI=1S/C20H23FN2O2/c1-20(2,19(25)23-14-15-8-4-3-5-9-15)18(24)22-13-12-16-10-6-7-11-17(16)21/h3-11H,12-14H2,1-2H3,(H,22,24)(H,23,25). The van der Waals surface area contributed by atoms with Crippen LogP contribution < -0.4 is 10.6 Å². The first-order valence-electron chi connectivity index (χ1n) is 8.25. The van der Waals surface area contributed by atoms with E-state index >= 15 is 0 Å². The third kappa shape index (κ3) is 5.14. The normalized spacial score (nSPS) is 11.0. The van der Waals surface area contributed by atoms with Crippen molar-refractivity contribution >= 4 is 11.8 Å². The van der Waals surface area contributed by atoms with Crippen molar-refractivity contribution in [3.05, 3.63) is 71.5 Å². The van der Waals surface area contributed by atoms with Crippen LogP contribution in [0.4, 0.5) is 4.39 Å². The van der Waals surface area contributed by atoms with Crippen molar-refractivity contribution in [2.45, 2.75) is 26.8 Å². The summed E-state index contributed by atoms with van der Waals surface area (Å²) in [4.78, 5) is 24.7. The molecule has 0 aliphatic carbocycles. The van der Waals surface area contributed by atoms with Gasteiger partial charge in [0.15, 0.2) is 0 Å². The highest BCUT2D eigenvalue weighted by Crippen LogP contribution is 2.16. The number of hydrogen-bond donors (Lipinski definition) is 2. The Bertz CT molecular complexity index is 729. The zero-order valence-corrected chi connectivity index (χ0v) is 14.5. The third-order valence-corrected chi connectivity index (χ3v) is 4.07. The van der Waals surface area contributed by atoms with Gasteiger partial charge in [-0.15, -0.1) is 0 Å². The molecule has 0 heterocycles. The van der Waals surface area contributed by atoms with Crippen LogP contribution in [0.1, 0.15) is 25.0 Å². The molecule has 0 aliphatic heterocycles. The zero-order valence-electron chi connectivity index (χ0n) is 14.5. The SMILES string of the molecule is CC(C)(C(=O)NCCc1ccccc1F)C(=O)NCc1ccccc1. The molecule has 0 saturated carbocycles. The van der Waals surface area contributed by atoms with Crippen molar-refractivity contribution in [2.75, 3.05) is 6.54 Å². The first-order valence-corrected chi connectivity index (χ1v) is 8.25. The van der Waals surface area contributed by atoms with Crippen molar-refractivity contribution in [1.82, 2.24) is 10.6 Å². The molecule has 5 heteroatoms. The zero-order chi connectivity index (χ0) is 18.3. The second-order valence-corrected chi connectivity index (χ2v) is 6.39. The van der Waals surface area contributed by atoms with Crippen LogP contribution in [0.3, 0.4) is 0 Å². The van der Waals surface area contributed by atoms with E-state index in [1.165, 1.54) is 6.07 Å². The molecule has 0 unspecified atom stereocenters. The summed E-state index contributed by atoms with van der Waals surface area (Å²) < 4.78 is 13.6. The molecular weight excluding hydrogens is 319 g/mol. The first kappa shape index (κ1) is 18.6. The van der Waals surface area contributed by atoms with Gasteiger partial charge in [0.25, 0.3) is 0 Å². The summed E-state index contributed by atoms with van der Waals surface area (Å²) in [6.45, 7) is 3.79. The van der Waals surface area contributed by atoms with Crippen molar-refractivity contribution < 1.29 is 14.0 Å². The number of carbonyl (C=O) groups is 2. The van der Waals surface area contributed by atoms with Gasteiger partial charge in [-0.3, -0.25) is 9.59 Å². The maximum Gasteiger partial charge on any atom is 0.235 e. The molecule has 0 saturated heterocycles. The van der Waals surface area contributed by atoms with Gasteiger partial charge in [0, 0.05) is 13.1 Å². The fourth-order valence-corrected chi connectivity index (χ4v) is 2.34. The average molecular weight is 342 g/mol. The molecule has 2 N–H and O–H groups in total. The van der Waals surface area contributed by atoms with Crippen molar-refractivity contribution in [1.29, 1.82) is 0 Å². The number of amides is 2. The molecule has 0 aromatic heterocycles. The number of nitrogens with one attached hydrogen (secondary N) is 2. The van der Waals surface area contributed by atoms with Gasteiger partial charge in [-0.25, -0.2) is 4.39 Å². The monoisotopic (exact) mass is 342 g/mol. The molecule has 132 valence electrons. The predicted octanol–water partition coefficient (Wildman–Crippen LogP) is 2.83. The second kappa shape index (κ2) is 8.42. The van der Waals surface area contributed by atoms with Crippen LogP contribution >= 0.6 is 0 Å². The van der Waals surface area contributed by atoms with Gasteiger partial charge in [-0.05, 0) is 37.5 Å². The van der Waals surface area contributed by atoms with Gasteiger partial charge in [0.05, 0.1) is 0 Å². The summed E-state index contributed by atoms with van der Waals surface area (Å²) >= 11 is 0. The van der Waals surface area contributed by atoms with Gasteiger partial charge >= 0.3 is 0 Å². The molecular formula is C20H23FN2O2. The smallest absolute Gasteiger partial charge is 0.235 e. The highest BCUT2D eigenvalue weighted by molar-refractivity contribution is 6.04. The Hall–Kier alpha value is -2.69. The van der Waals surface area contributed by atoms with Crippen LogP contribution in [0, 0.1) is 11.2 Å². The lowest BCUT2D eigenvalue weighted by atomic mass is 9.91. The second-order valence-electron chi connectivity index (χ2n) is 6.39. The van der Waals surface area contributed by atoms with Crippen LogP contribution in [0.25, 0.3) is 0 Å². The fraction of sp³-hybridized carbons (Fsp3) is 0.300. The van der Waals surface area contributed by atoms with E-state index in [4.69, 9.17) is 0 Å². The molecule has 2 aromatic rings. The minimum Gasteiger partial charge on any atom is -0.355 e. The van der Waals surface area contributed by atoms with Gasteiger partial charge in [-0.2, -0.15) is 0 Å². The molecule has 0 atom stereocenters. The molecule has 2 aromatic carbocycles. The number of halogens is 1. The first-order chi connectivity index (χ1) is 11.9. The molecule has 0 spiro atoms. The minimum atomic E-state index is -1.20. The highest BCUT2D eigenvalue weighted by Gasteiger charge is 2.35. The predicted molar refractivity (Wildman–Crippen MR) is 95.2 cm³/mol. The van der Waals surface area contributed by atoms with Crippen molar-refractivity contribution in [3.63, 3.8) is 0 Å². The van der Waals surface area contributed by atoms with Crippen LogP contribution in [0.2, 0.25) is 0 Å². The van der Waals surface area contributed by atoms with Gasteiger partial charge < -0.3 is 10.6 Å². The lowest BCUT2D eigenvalue weighted by Crippen LogP contribution is -2.48. The van der Waals surface area contributed by atoms with Crippen LogP contribution in [0.5, 0.6) is 0 Å². The highest BCUT2D eigenvalue weighted by atomic mass is 19.1. The van der Waals surface area contributed by atoms with Gasteiger partial charge in [0.2, 0.25) is 11.8 Å². The van der Waals surface area contributed by atoms with E-state index in [-0.39, 0.29) is 24.2 Å². The molecule has 25 heavy (non-hydrogen) atoms. The van der Waals surface area contributed by atoms with Crippen LogP contribution in [-0.4, -0.2) is 18.4 Å². The van der Waals surface area contributed by atoms with Crippen LogP contribution in [0.15, 0.2) is 54.6 Å². The number of hydrogen-bond acceptors (Lipinski definition) is 2. The van der Waals surface area contributed by atoms with Crippen LogP contribution in [-0.2, 0) is 22.6 Å². The minimum absolute atomic E-state index is 0.273. The van der Waals surface area contributed by atoms with E-state index in [1.807, 2.05) is 30.3 Å². The van der Waals surface area contributed by atoms with E-state index in [0.717, 1.165) is 5.56 Å². The van der Waals surface area contributed by atoms with E-state index in [9.17, 15) is 14.0 Å². The Labute approximate surface area is 147 Å². The maximum atomic E-state index is 13.6. The fourth-order valence-electron chi connectivity index (χ4n) is 2.34. The number of benzene rings is 2. The van der Waals surface area contributed by atoms with Gasteiger partial charge in [-0.1, -0.05) is 48.5 Å². The lowest BCUT2D eigenvalue weighted by Gasteiger charge is -2.22. The van der Waals surface area contributed by atoms with Gasteiger partial charge in [0.1, 0.15) is 11.2 Å². The lowest BCUT2D eigenvalue weighted by molar-refractivity contribution is -0.141. The summed E-state index contributed by atoms with van der Waals surface area (Å²) in [6, 6.07) is 15.9. The largest absolute Gasteiger partial charge is 0.355 e. The molecule has 2 amide bonds. The Morgan fingerprint density at radius 1 is 0.920 bits per heavy atom. The van der Waals surface area contributed by atoms with E-state index in [1.54, 1.807) is 32.0 Å². The Morgan fingerprint density at radius 2 is 1.52 bits per heavy atom. The molecule has 0 bridgehead atoms. The molecule has 4 nitrogen and oxygen atoms in total. The maximum absolute atomic E-state index is 13.6. The molecule has 0 aliphatic rings. The van der Waals surface area contributed by atoms with E-state index < -0.39 is 5.41 Å². The topological polar surface area (TPSA) is 58.2 Å². The Kier molecular flexibility index (Phi) is 6.28. The van der Waals surface area contributed by atoms with E-state index in [0.29, 0.717) is 18.5 Å². The third-order valence-electron chi connectivity index (χ3n) is 4.07. The summed E-state index contributed by atoms with van der Waals surface area (Å²) in [5.74, 6) is -1.02. The summed E-state index contributed by atoms with van der Waals surface area (Å²) in [7, 11) is 0. The summed E-state index contributed by atoms with van der Waals surface area (Å²) in [5, 5.41) is 5.49. The van der Waals surface area contributed by atoms with Crippen molar-refractivity contribution in [3.8, 4) is 0 Å². The average Bonchev–Trinajstić information content (AvgIpc) is 2.62. The molecule has 0 radical (unpaired) electrons. The number of rotatable bonds is 7. The summed E-state index contributed by atoms with van der Waals surface area (Å²) in [6.07, 6.45) is 0.375. The quantitative estimate of drug-likeness (QED) is 0.760. The van der Waals surface area contributed by atoms with E-state index in [2.05, 4.69) is 10.6 Å². The summed E-state index contributed by atoms with van der Waals surface area (Å²) in [5.41, 5.74) is 0.296. The number of carbonyl (C=O) groups excluding carboxylic acids is 2. The molecule has 2 rings (SSSR count). The Morgan fingerprint density at radius 3 is 2.20 bits per heavy atom. The van der Waals surface area contributed by atoms with Crippen molar-refractivity contribution in [2.24, 2.45) is 5.41 Å². The Balaban J connectivity index is 1.84. The molecule has 0 fully saturated rings.